The maximum absolute atomic E-state index is 12.6. The van der Waals surface area contributed by atoms with Gasteiger partial charge in [-0.25, -0.2) is 18.1 Å². The van der Waals surface area contributed by atoms with Crippen LogP contribution in [0.4, 0.5) is 0 Å². The molecule has 0 atom stereocenters. The minimum absolute atomic E-state index is 0.0961. The summed E-state index contributed by atoms with van der Waals surface area (Å²) in [5, 5.41) is 0. The number of hydrogen-bond acceptors (Lipinski definition) is 4. The first-order valence-corrected chi connectivity index (χ1v) is 10.2. The summed E-state index contributed by atoms with van der Waals surface area (Å²) in [5.74, 6) is 0.312. The number of aromatic nitrogens is 2. The van der Waals surface area contributed by atoms with Gasteiger partial charge in [0.25, 0.3) is 5.91 Å². The molecule has 0 spiro atoms. The molecular weight excluding hydrogens is 352 g/mol. The van der Waals surface area contributed by atoms with Gasteiger partial charge in [-0.3, -0.25) is 4.79 Å². The summed E-state index contributed by atoms with van der Waals surface area (Å²) in [6.45, 7) is 6.57. The van der Waals surface area contributed by atoms with Crippen LogP contribution in [0, 0.1) is 5.92 Å². The van der Waals surface area contributed by atoms with Crippen LogP contribution in [0.5, 0.6) is 0 Å². The number of imidazole rings is 1. The lowest BCUT2D eigenvalue weighted by atomic mass is 10.1. The molecule has 8 heteroatoms. The third kappa shape index (κ3) is 4.13. The largest absolute Gasteiger partial charge is 0.339 e. The summed E-state index contributed by atoms with van der Waals surface area (Å²) < 4.78 is 29.8. The molecule has 1 aromatic carbocycles. The van der Waals surface area contributed by atoms with Crippen molar-refractivity contribution in [1.82, 2.24) is 19.2 Å². The van der Waals surface area contributed by atoms with Crippen LogP contribution in [0.25, 0.3) is 0 Å². The molecule has 1 aromatic heterocycles. The van der Waals surface area contributed by atoms with Gasteiger partial charge in [-0.05, 0) is 30.5 Å². The predicted molar refractivity (Wildman–Crippen MR) is 98.1 cm³/mol. The summed E-state index contributed by atoms with van der Waals surface area (Å²) in [7, 11) is -3.71. The summed E-state index contributed by atoms with van der Waals surface area (Å²) in [4.78, 5) is 18.2. The Bertz CT molecular complexity index is 885. The Morgan fingerprint density at radius 3 is 2.73 bits per heavy atom. The molecule has 26 heavy (non-hydrogen) atoms. The SMILES string of the molecule is CC(C)Cn1cncc1CNS(=O)(=O)c1cccc(C(=O)N2CCC2)c1. The molecule has 0 saturated carbocycles. The second-order valence-corrected chi connectivity index (χ2v) is 8.70. The van der Waals surface area contributed by atoms with Gasteiger partial charge in [0.1, 0.15) is 0 Å². The van der Waals surface area contributed by atoms with Crippen LogP contribution < -0.4 is 4.72 Å². The highest BCUT2D eigenvalue weighted by Gasteiger charge is 2.23. The van der Waals surface area contributed by atoms with Crippen molar-refractivity contribution in [2.45, 2.75) is 38.3 Å². The van der Waals surface area contributed by atoms with E-state index in [1.165, 1.54) is 12.1 Å². The van der Waals surface area contributed by atoms with Gasteiger partial charge in [-0.2, -0.15) is 0 Å². The van der Waals surface area contributed by atoms with Gasteiger partial charge in [-0.15, -0.1) is 0 Å². The lowest BCUT2D eigenvalue weighted by molar-refractivity contribution is 0.0651. The van der Waals surface area contributed by atoms with E-state index >= 15 is 0 Å². The zero-order chi connectivity index (χ0) is 18.7. The second-order valence-electron chi connectivity index (χ2n) is 6.93. The van der Waals surface area contributed by atoms with Crippen molar-refractivity contribution in [3.05, 3.63) is 48.0 Å². The fraction of sp³-hybridized carbons (Fsp3) is 0.444. The molecule has 1 amide bonds. The van der Waals surface area contributed by atoms with Gasteiger partial charge in [-0.1, -0.05) is 19.9 Å². The Morgan fingerprint density at radius 2 is 2.08 bits per heavy atom. The number of carbonyl (C=O) groups is 1. The summed E-state index contributed by atoms with van der Waals surface area (Å²) >= 11 is 0. The highest BCUT2D eigenvalue weighted by atomic mass is 32.2. The van der Waals surface area contributed by atoms with Crippen molar-refractivity contribution in [2.24, 2.45) is 5.92 Å². The molecule has 3 rings (SSSR count). The summed E-state index contributed by atoms with van der Waals surface area (Å²) in [5.41, 5.74) is 1.20. The molecule has 1 aliphatic rings. The second kappa shape index (κ2) is 7.59. The van der Waals surface area contributed by atoms with E-state index in [9.17, 15) is 13.2 Å². The van der Waals surface area contributed by atoms with E-state index in [2.05, 4.69) is 23.6 Å². The summed E-state index contributed by atoms with van der Waals surface area (Å²) in [6.07, 6.45) is 4.36. The average Bonchev–Trinajstić information content (AvgIpc) is 2.98. The van der Waals surface area contributed by atoms with Crippen LogP contribution in [-0.4, -0.2) is 41.9 Å². The summed E-state index contributed by atoms with van der Waals surface area (Å²) in [6, 6.07) is 6.19. The standard InChI is InChI=1S/C18H24N4O3S/c1-14(2)12-22-13-19-10-16(22)11-20-26(24,25)17-6-3-5-15(9-17)18(23)21-7-4-8-21/h3,5-6,9-10,13-14,20H,4,7-8,11-12H2,1-2H3. The van der Waals surface area contributed by atoms with Crippen LogP contribution in [0.1, 0.15) is 36.3 Å². The highest BCUT2D eigenvalue weighted by molar-refractivity contribution is 7.89. The molecule has 0 aliphatic carbocycles. The Morgan fingerprint density at radius 1 is 1.31 bits per heavy atom. The van der Waals surface area contributed by atoms with Crippen molar-refractivity contribution >= 4 is 15.9 Å². The molecule has 7 nitrogen and oxygen atoms in total. The van der Waals surface area contributed by atoms with E-state index in [1.807, 2.05) is 4.57 Å². The minimum Gasteiger partial charge on any atom is -0.339 e. The Balaban J connectivity index is 1.72. The molecule has 1 fully saturated rings. The average molecular weight is 376 g/mol. The van der Waals surface area contributed by atoms with Crippen molar-refractivity contribution < 1.29 is 13.2 Å². The van der Waals surface area contributed by atoms with Crippen LogP contribution in [0.2, 0.25) is 0 Å². The normalized spacial score (nSPS) is 14.5. The molecule has 0 radical (unpaired) electrons. The Kier molecular flexibility index (Phi) is 5.43. The first kappa shape index (κ1) is 18.6. The Hall–Kier alpha value is -2.19. The number of nitrogens with zero attached hydrogens (tertiary/aromatic N) is 3. The van der Waals surface area contributed by atoms with Gasteiger partial charge in [0.05, 0.1) is 23.5 Å². The van der Waals surface area contributed by atoms with E-state index in [-0.39, 0.29) is 17.3 Å². The van der Waals surface area contributed by atoms with Gasteiger partial charge in [0.15, 0.2) is 0 Å². The van der Waals surface area contributed by atoms with Crippen molar-refractivity contribution in [2.75, 3.05) is 13.1 Å². The molecular formula is C18H24N4O3S. The van der Waals surface area contributed by atoms with E-state index < -0.39 is 10.0 Å². The zero-order valence-corrected chi connectivity index (χ0v) is 15.9. The van der Waals surface area contributed by atoms with Crippen molar-refractivity contribution in [3.63, 3.8) is 0 Å². The van der Waals surface area contributed by atoms with Gasteiger partial charge >= 0.3 is 0 Å². The molecule has 1 aliphatic heterocycles. The maximum atomic E-state index is 12.6. The van der Waals surface area contributed by atoms with Gasteiger partial charge in [0, 0.05) is 31.4 Å². The number of sulfonamides is 1. The van der Waals surface area contributed by atoms with Gasteiger partial charge in [0.2, 0.25) is 10.0 Å². The van der Waals surface area contributed by atoms with E-state index in [0.717, 1.165) is 31.7 Å². The van der Waals surface area contributed by atoms with Crippen molar-refractivity contribution in [3.8, 4) is 0 Å². The third-order valence-corrected chi connectivity index (χ3v) is 5.74. The fourth-order valence-electron chi connectivity index (χ4n) is 2.80. The molecule has 0 unspecified atom stereocenters. The number of benzene rings is 1. The first-order chi connectivity index (χ1) is 12.4. The number of nitrogens with one attached hydrogen (secondary N) is 1. The lowest BCUT2D eigenvalue weighted by Crippen LogP contribution is -2.42. The van der Waals surface area contributed by atoms with E-state index in [1.54, 1.807) is 29.6 Å². The number of rotatable bonds is 7. The van der Waals surface area contributed by atoms with Crippen LogP contribution in [0.3, 0.4) is 0 Å². The zero-order valence-electron chi connectivity index (χ0n) is 15.1. The van der Waals surface area contributed by atoms with Crippen LogP contribution in [0.15, 0.2) is 41.7 Å². The fourth-order valence-corrected chi connectivity index (χ4v) is 3.85. The highest BCUT2D eigenvalue weighted by Crippen LogP contribution is 2.17. The smallest absolute Gasteiger partial charge is 0.253 e. The van der Waals surface area contributed by atoms with E-state index in [0.29, 0.717) is 11.5 Å². The number of amides is 1. The number of likely N-dealkylation sites (tertiary alicyclic amines) is 1. The molecule has 1 saturated heterocycles. The molecule has 0 bridgehead atoms. The van der Waals surface area contributed by atoms with Crippen LogP contribution in [-0.2, 0) is 23.1 Å². The molecule has 2 heterocycles. The topological polar surface area (TPSA) is 84.3 Å². The van der Waals surface area contributed by atoms with Crippen molar-refractivity contribution in [1.29, 1.82) is 0 Å². The monoisotopic (exact) mass is 376 g/mol. The molecule has 1 N–H and O–H groups in total. The third-order valence-electron chi connectivity index (χ3n) is 4.34. The van der Waals surface area contributed by atoms with Gasteiger partial charge < -0.3 is 9.47 Å². The van der Waals surface area contributed by atoms with E-state index in [4.69, 9.17) is 0 Å². The number of carbonyl (C=O) groups excluding carboxylic acids is 1. The maximum Gasteiger partial charge on any atom is 0.253 e. The number of hydrogen-bond donors (Lipinski definition) is 1. The molecule has 2 aromatic rings. The predicted octanol–water partition coefficient (Wildman–Crippen LogP) is 1.86. The quantitative estimate of drug-likeness (QED) is 0.799. The molecule has 140 valence electrons. The van der Waals surface area contributed by atoms with Crippen LogP contribution >= 0.6 is 0 Å². The first-order valence-electron chi connectivity index (χ1n) is 8.75. The lowest BCUT2D eigenvalue weighted by Gasteiger charge is -2.31. The minimum atomic E-state index is -3.71. The Labute approximate surface area is 154 Å².